The Morgan fingerprint density at radius 3 is 2.12 bits per heavy atom. The van der Waals surface area contributed by atoms with Gasteiger partial charge in [-0.25, -0.2) is 4.79 Å². The molecule has 33 heavy (non-hydrogen) atoms. The minimum atomic E-state index is -0.223. The highest BCUT2D eigenvalue weighted by molar-refractivity contribution is 6.30. The minimum absolute atomic E-state index is 0.0137. The third-order valence-corrected chi connectivity index (χ3v) is 6.26. The van der Waals surface area contributed by atoms with Crippen LogP contribution in [0.3, 0.4) is 0 Å². The first-order chi connectivity index (χ1) is 16.1. The molecule has 4 rings (SSSR count). The van der Waals surface area contributed by atoms with Gasteiger partial charge in [0, 0.05) is 41.4 Å². The highest BCUT2D eigenvalue weighted by Crippen LogP contribution is 2.32. The van der Waals surface area contributed by atoms with E-state index in [1.165, 1.54) is 0 Å². The summed E-state index contributed by atoms with van der Waals surface area (Å²) in [5, 5.41) is 6.73. The van der Waals surface area contributed by atoms with Crippen molar-refractivity contribution in [3.05, 3.63) is 83.4 Å². The van der Waals surface area contributed by atoms with Crippen LogP contribution in [0.2, 0.25) is 5.02 Å². The molecule has 0 aliphatic carbocycles. The first-order valence-corrected chi connectivity index (χ1v) is 11.3. The summed E-state index contributed by atoms with van der Waals surface area (Å²) >= 11 is 5.94. The van der Waals surface area contributed by atoms with E-state index < -0.39 is 0 Å². The maximum absolute atomic E-state index is 12.8. The summed E-state index contributed by atoms with van der Waals surface area (Å²) in [6.45, 7) is 1.62. The molecule has 0 spiro atoms. The van der Waals surface area contributed by atoms with E-state index in [4.69, 9.17) is 21.1 Å². The Balaban J connectivity index is 1.51. The molecular formula is C26H28ClN3O3. The fraction of sp³-hybridized carbons (Fsp3) is 0.269. The van der Waals surface area contributed by atoms with Crippen molar-refractivity contribution in [3.8, 4) is 11.5 Å². The van der Waals surface area contributed by atoms with Crippen LogP contribution < -0.4 is 25.0 Å². The van der Waals surface area contributed by atoms with Crippen molar-refractivity contribution in [3.63, 3.8) is 0 Å². The van der Waals surface area contributed by atoms with Gasteiger partial charge >= 0.3 is 6.03 Å². The van der Waals surface area contributed by atoms with Gasteiger partial charge in [0.15, 0.2) is 0 Å². The molecule has 0 bridgehead atoms. The van der Waals surface area contributed by atoms with Crippen LogP contribution in [0.5, 0.6) is 11.5 Å². The second kappa shape index (κ2) is 10.5. The number of carbonyl (C=O) groups excluding carboxylic acids is 1. The van der Waals surface area contributed by atoms with E-state index in [2.05, 4.69) is 39.8 Å². The fourth-order valence-corrected chi connectivity index (χ4v) is 4.34. The molecule has 3 aromatic rings. The number of ether oxygens (including phenoxy) is 2. The monoisotopic (exact) mass is 465 g/mol. The van der Waals surface area contributed by atoms with Crippen molar-refractivity contribution in [2.75, 3.05) is 37.5 Å². The van der Waals surface area contributed by atoms with Crippen molar-refractivity contribution in [2.24, 2.45) is 0 Å². The van der Waals surface area contributed by atoms with E-state index in [1.807, 2.05) is 24.3 Å². The number of nitrogens with zero attached hydrogens (tertiary/aromatic N) is 1. The summed E-state index contributed by atoms with van der Waals surface area (Å²) in [6.07, 6.45) is 0.816. The van der Waals surface area contributed by atoms with Crippen molar-refractivity contribution >= 4 is 29.0 Å². The van der Waals surface area contributed by atoms with E-state index in [1.54, 1.807) is 38.5 Å². The summed E-state index contributed by atoms with van der Waals surface area (Å²) in [5.41, 5.74) is 3.00. The zero-order valence-corrected chi connectivity index (χ0v) is 19.5. The molecule has 0 radical (unpaired) electrons. The Hall–Kier alpha value is -3.38. The molecule has 2 N–H and O–H groups in total. The van der Waals surface area contributed by atoms with Gasteiger partial charge in [0.25, 0.3) is 0 Å². The zero-order valence-electron chi connectivity index (χ0n) is 18.8. The lowest BCUT2D eigenvalue weighted by Gasteiger charge is -2.40. The van der Waals surface area contributed by atoms with Gasteiger partial charge in [0.2, 0.25) is 0 Å². The average molecular weight is 466 g/mol. The number of hydrogen-bond acceptors (Lipinski definition) is 4. The average Bonchev–Trinajstić information content (AvgIpc) is 2.86. The summed E-state index contributed by atoms with van der Waals surface area (Å²) in [7, 11) is 3.33. The second-order valence-electron chi connectivity index (χ2n) is 8.02. The number of anilines is 2. The molecule has 2 atom stereocenters. The van der Waals surface area contributed by atoms with E-state index in [0.29, 0.717) is 10.7 Å². The van der Waals surface area contributed by atoms with Crippen molar-refractivity contribution in [2.45, 2.75) is 18.4 Å². The zero-order chi connectivity index (χ0) is 23.2. The molecule has 3 aromatic carbocycles. The molecule has 1 aliphatic rings. The van der Waals surface area contributed by atoms with Gasteiger partial charge in [-0.3, -0.25) is 0 Å². The van der Waals surface area contributed by atoms with Crippen molar-refractivity contribution in [1.82, 2.24) is 5.32 Å². The number of piperidine rings is 1. The number of nitrogens with one attached hydrogen (secondary N) is 2. The first kappa shape index (κ1) is 22.8. The van der Waals surface area contributed by atoms with Crippen LogP contribution in [0.4, 0.5) is 16.2 Å². The predicted octanol–water partition coefficient (Wildman–Crippen LogP) is 5.54. The molecule has 2 unspecified atom stereocenters. The van der Waals surface area contributed by atoms with Gasteiger partial charge in [-0.05, 0) is 72.6 Å². The number of amides is 2. The standard InChI is InChI=1S/C26H28ClN3O3/c1-32-22-11-3-18(4-12-22)24-17-30(21-9-13-23(33-2)14-10-21)16-15-25(24)29-26(31)28-20-7-5-19(27)6-8-20/h3-14,24-25H,15-17H2,1-2H3,(H2,28,29,31). The molecule has 0 saturated carbocycles. The smallest absolute Gasteiger partial charge is 0.319 e. The summed E-state index contributed by atoms with van der Waals surface area (Å²) < 4.78 is 10.6. The molecule has 172 valence electrons. The van der Waals surface area contributed by atoms with Crippen LogP contribution in [-0.2, 0) is 0 Å². The lowest BCUT2D eigenvalue weighted by Crippen LogP contribution is -2.50. The van der Waals surface area contributed by atoms with Gasteiger partial charge in [-0.1, -0.05) is 23.7 Å². The van der Waals surface area contributed by atoms with Gasteiger partial charge in [0.05, 0.1) is 14.2 Å². The molecule has 1 heterocycles. The van der Waals surface area contributed by atoms with Gasteiger partial charge < -0.3 is 25.0 Å². The van der Waals surface area contributed by atoms with Crippen molar-refractivity contribution in [1.29, 1.82) is 0 Å². The number of rotatable bonds is 6. The van der Waals surface area contributed by atoms with Crippen LogP contribution in [0.25, 0.3) is 0 Å². The van der Waals surface area contributed by atoms with Crippen LogP contribution in [0.15, 0.2) is 72.8 Å². The number of methoxy groups -OCH3 is 2. The highest BCUT2D eigenvalue weighted by Gasteiger charge is 2.32. The maximum atomic E-state index is 12.8. The third-order valence-electron chi connectivity index (χ3n) is 6.01. The predicted molar refractivity (Wildman–Crippen MR) is 133 cm³/mol. The molecule has 7 heteroatoms. The summed E-state index contributed by atoms with van der Waals surface area (Å²) in [4.78, 5) is 15.1. The molecule has 6 nitrogen and oxygen atoms in total. The lowest BCUT2D eigenvalue weighted by atomic mass is 9.85. The number of hydrogen-bond donors (Lipinski definition) is 2. The number of carbonyl (C=O) groups is 1. The van der Waals surface area contributed by atoms with E-state index in [0.717, 1.165) is 42.3 Å². The molecule has 1 fully saturated rings. The topological polar surface area (TPSA) is 62.8 Å². The molecule has 1 saturated heterocycles. The quantitative estimate of drug-likeness (QED) is 0.501. The Morgan fingerprint density at radius 2 is 1.52 bits per heavy atom. The Morgan fingerprint density at radius 1 is 0.909 bits per heavy atom. The third kappa shape index (κ3) is 5.71. The van der Waals surface area contributed by atoms with Crippen molar-refractivity contribution < 1.29 is 14.3 Å². The normalized spacial score (nSPS) is 17.8. The van der Waals surface area contributed by atoms with Gasteiger partial charge in [-0.15, -0.1) is 0 Å². The second-order valence-corrected chi connectivity index (χ2v) is 8.46. The molecule has 2 amide bonds. The van der Waals surface area contributed by atoms with E-state index in [-0.39, 0.29) is 18.0 Å². The van der Waals surface area contributed by atoms with Gasteiger partial charge in [-0.2, -0.15) is 0 Å². The maximum Gasteiger partial charge on any atom is 0.319 e. The summed E-state index contributed by atoms with van der Waals surface area (Å²) in [5.74, 6) is 1.76. The van der Waals surface area contributed by atoms with Crippen LogP contribution in [-0.4, -0.2) is 39.4 Å². The van der Waals surface area contributed by atoms with Crippen LogP contribution >= 0.6 is 11.6 Å². The first-order valence-electron chi connectivity index (χ1n) is 10.9. The number of halogens is 1. The van der Waals surface area contributed by atoms with E-state index in [9.17, 15) is 4.79 Å². The Labute approximate surface area is 199 Å². The molecule has 0 aromatic heterocycles. The Kier molecular flexibility index (Phi) is 7.25. The fourth-order valence-electron chi connectivity index (χ4n) is 4.21. The van der Waals surface area contributed by atoms with Crippen LogP contribution in [0.1, 0.15) is 17.9 Å². The largest absolute Gasteiger partial charge is 0.497 e. The molecular weight excluding hydrogens is 438 g/mol. The van der Waals surface area contributed by atoms with E-state index >= 15 is 0 Å². The highest BCUT2D eigenvalue weighted by atomic mass is 35.5. The summed E-state index contributed by atoms with van der Waals surface area (Å²) in [6, 6.07) is 23.0. The molecule has 1 aliphatic heterocycles. The SMILES string of the molecule is COc1ccc(C2CN(c3ccc(OC)cc3)CCC2NC(=O)Nc2ccc(Cl)cc2)cc1. The van der Waals surface area contributed by atoms with Gasteiger partial charge in [0.1, 0.15) is 11.5 Å². The minimum Gasteiger partial charge on any atom is -0.497 e. The van der Waals surface area contributed by atoms with Crippen LogP contribution in [0, 0.1) is 0 Å². The lowest BCUT2D eigenvalue weighted by molar-refractivity contribution is 0.243. The Bertz CT molecular complexity index is 1060. The number of urea groups is 1. The number of benzene rings is 3.